The van der Waals surface area contributed by atoms with E-state index < -0.39 is 6.10 Å². The molecule has 10 heteroatoms. The van der Waals surface area contributed by atoms with E-state index in [9.17, 15) is 15.2 Å². The first-order valence-corrected chi connectivity index (χ1v) is 11.3. The molecule has 35 heavy (non-hydrogen) atoms. The summed E-state index contributed by atoms with van der Waals surface area (Å²) in [5.41, 5.74) is 6.15. The van der Waals surface area contributed by atoms with Gasteiger partial charge in [-0.05, 0) is 30.2 Å². The molecule has 1 N–H and O–H groups in total. The molecule has 3 aromatic heterocycles. The molecule has 1 atom stereocenters. The summed E-state index contributed by atoms with van der Waals surface area (Å²) < 4.78 is 6.68. The second-order valence-electron chi connectivity index (χ2n) is 8.79. The molecule has 174 valence electrons. The molecule has 0 amide bonds. The molecule has 0 spiro atoms. The highest BCUT2D eigenvalue weighted by Gasteiger charge is 2.27. The second-order valence-corrected chi connectivity index (χ2v) is 8.79. The Hall–Kier alpha value is -4.20. The third-order valence-corrected chi connectivity index (χ3v) is 6.78. The van der Waals surface area contributed by atoms with Crippen LogP contribution in [0.4, 0.5) is 0 Å². The summed E-state index contributed by atoms with van der Waals surface area (Å²) in [6.07, 6.45) is 5.00. The summed E-state index contributed by atoms with van der Waals surface area (Å²) in [6, 6.07) is 7.37. The number of benzene rings is 1. The van der Waals surface area contributed by atoms with Crippen LogP contribution in [0, 0.1) is 18.3 Å². The van der Waals surface area contributed by atoms with Crippen LogP contribution in [0.1, 0.15) is 50.0 Å². The quantitative estimate of drug-likeness (QED) is 0.449. The van der Waals surface area contributed by atoms with Gasteiger partial charge in [0.2, 0.25) is 0 Å². The summed E-state index contributed by atoms with van der Waals surface area (Å²) >= 11 is 0. The normalized spacial score (nSPS) is 16.0. The number of fused-ring (bicyclic) bond motifs is 3. The number of nitriles is 1. The maximum Gasteiger partial charge on any atom is 0.338 e. The molecule has 5 heterocycles. The van der Waals surface area contributed by atoms with Gasteiger partial charge >= 0.3 is 5.97 Å². The first-order chi connectivity index (χ1) is 17.0. The van der Waals surface area contributed by atoms with Crippen LogP contribution in [-0.4, -0.2) is 53.8 Å². The highest BCUT2D eigenvalue weighted by molar-refractivity contribution is 5.94. The van der Waals surface area contributed by atoms with Gasteiger partial charge < -0.3 is 9.84 Å². The third-order valence-electron chi connectivity index (χ3n) is 6.78. The lowest BCUT2D eigenvalue weighted by molar-refractivity contribution is 0.0535. The Morgan fingerprint density at radius 2 is 2.14 bits per heavy atom. The maximum absolute atomic E-state index is 11.8. The zero-order valence-corrected chi connectivity index (χ0v) is 19.0. The van der Waals surface area contributed by atoms with E-state index >= 15 is 0 Å². The number of esters is 1. The van der Waals surface area contributed by atoms with Gasteiger partial charge in [-0.25, -0.2) is 19.7 Å². The summed E-state index contributed by atoms with van der Waals surface area (Å²) in [5, 5.41) is 25.3. The minimum atomic E-state index is -0.686. The molecule has 0 saturated heterocycles. The summed E-state index contributed by atoms with van der Waals surface area (Å²) in [4.78, 5) is 27.6. The summed E-state index contributed by atoms with van der Waals surface area (Å²) in [5.74, 6) is 0.112. The lowest BCUT2D eigenvalue weighted by Gasteiger charge is -2.30. The van der Waals surface area contributed by atoms with E-state index in [1.165, 1.54) is 0 Å². The largest absolute Gasteiger partial charge is 0.457 e. The van der Waals surface area contributed by atoms with Crippen LogP contribution in [0.25, 0.3) is 17.0 Å². The van der Waals surface area contributed by atoms with E-state index in [2.05, 4.69) is 26.0 Å². The SMILES string of the molecule is Cc1c(C(O)CN2CCc3nc(-n4ncc5c(C#N)ccnc54)ncc3C2)ccc2c1COC2=O. The lowest BCUT2D eigenvalue weighted by Crippen LogP contribution is -2.35. The number of hydrogen-bond donors (Lipinski definition) is 1. The number of hydrogen-bond acceptors (Lipinski definition) is 9. The van der Waals surface area contributed by atoms with Gasteiger partial charge in [0.15, 0.2) is 5.65 Å². The van der Waals surface area contributed by atoms with Crippen molar-refractivity contribution in [2.45, 2.75) is 32.6 Å². The number of aliphatic hydroxyl groups excluding tert-OH is 1. The van der Waals surface area contributed by atoms with Gasteiger partial charge in [0.1, 0.15) is 12.7 Å². The van der Waals surface area contributed by atoms with Gasteiger partial charge in [0.05, 0.1) is 34.5 Å². The van der Waals surface area contributed by atoms with Gasteiger partial charge in [0.25, 0.3) is 5.95 Å². The highest BCUT2D eigenvalue weighted by Crippen LogP contribution is 2.30. The van der Waals surface area contributed by atoms with Crippen LogP contribution in [-0.2, 0) is 24.3 Å². The lowest BCUT2D eigenvalue weighted by atomic mass is 9.95. The molecule has 0 saturated carbocycles. The van der Waals surface area contributed by atoms with Crippen molar-refractivity contribution >= 4 is 17.0 Å². The zero-order chi connectivity index (χ0) is 24.1. The van der Waals surface area contributed by atoms with Gasteiger partial charge in [-0.1, -0.05) is 6.07 Å². The van der Waals surface area contributed by atoms with Crippen LogP contribution < -0.4 is 0 Å². The van der Waals surface area contributed by atoms with Crippen LogP contribution in [0.15, 0.2) is 36.8 Å². The second kappa shape index (κ2) is 8.23. The molecule has 0 fully saturated rings. The molecule has 2 aliphatic rings. The minimum Gasteiger partial charge on any atom is -0.457 e. The van der Waals surface area contributed by atoms with Crippen LogP contribution in [0.2, 0.25) is 0 Å². The van der Waals surface area contributed by atoms with E-state index in [0.717, 1.165) is 34.5 Å². The number of carbonyl (C=O) groups is 1. The standard InChI is InChI=1S/C25H21N7O3/c1-14-17(2-3-18-20(14)13-35-24(18)34)22(33)12-31-7-5-21-16(11-31)9-28-25(30-21)32-23-19(10-29-32)15(8-26)4-6-27-23/h2-4,6,9-10,22,33H,5,7,11-13H2,1H3. The first kappa shape index (κ1) is 21.3. The average molecular weight is 467 g/mol. The molecular formula is C25H21N7O3. The number of aromatic nitrogens is 5. The maximum atomic E-state index is 11.8. The van der Waals surface area contributed by atoms with Crippen molar-refractivity contribution in [3.63, 3.8) is 0 Å². The van der Waals surface area contributed by atoms with Crippen LogP contribution in [0.3, 0.4) is 0 Å². The predicted octanol–water partition coefficient (Wildman–Crippen LogP) is 2.15. The van der Waals surface area contributed by atoms with Crippen molar-refractivity contribution in [2.24, 2.45) is 0 Å². The number of aliphatic hydroxyl groups is 1. The fraction of sp³-hybridized carbons (Fsp3) is 0.280. The first-order valence-electron chi connectivity index (χ1n) is 11.3. The van der Waals surface area contributed by atoms with Crippen LogP contribution in [0.5, 0.6) is 0 Å². The molecule has 0 aliphatic carbocycles. The third kappa shape index (κ3) is 3.53. The van der Waals surface area contributed by atoms with Crippen molar-refractivity contribution < 1.29 is 14.6 Å². The van der Waals surface area contributed by atoms with Crippen molar-refractivity contribution in [3.8, 4) is 12.0 Å². The molecule has 6 rings (SSSR count). The Labute approximate surface area is 200 Å². The molecule has 1 unspecified atom stereocenters. The Balaban J connectivity index is 1.21. The number of β-amino-alcohol motifs (C(OH)–C–C–N with tert-alkyl or cyclic N) is 1. The minimum absolute atomic E-state index is 0.260. The van der Waals surface area contributed by atoms with Crippen molar-refractivity contribution in [1.29, 1.82) is 5.26 Å². The van der Waals surface area contributed by atoms with Gasteiger partial charge in [-0.2, -0.15) is 15.0 Å². The fourth-order valence-electron chi connectivity index (χ4n) is 4.87. The Bertz CT molecular complexity index is 1540. The summed E-state index contributed by atoms with van der Waals surface area (Å²) in [6.45, 7) is 4.00. The Morgan fingerprint density at radius 1 is 1.26 bits per heavy atom. The van der Waals surface area contributed by atoms with Crippen molar-refractivity contribution in [2.75, 3.05) is 13.1 Å². The smallest absolute Gasteiger partial charge is 0.338 e. The van der Waals surface area contributed by atoms with E-state index in [4.69, 9.17) is 9.72 Å². The monoisotopic (exact) mass is 467 g/mol. The average Bonchev–Trinajstić information content (AvgIpc) is 3.48. The summed E-state index contributed by atoms with van der Waals surface area (Å²) in [7, 11) is 0. The van der Waals surface area contributed by atoms with Gasteiger partial charge in [0, 0.05) is 49.6 Å². The number of cyclic esters (lactones) is 1. The fourth-order valence-corrected chi connectivity index (χ4v) is 4.87. The Kier molecular flexibility index (Phi) is 5.02. The number of nitrogens with zero attached hydrogens (tertiary/aromatic N) is 7. The molecular weight excluding hydrogens is 446 g/mol. The molecule has 1 aromatic carbocycles. The molecule has 0 radical (unpaired) electrons. The van der Waals surface area contributed by atoms with Crippen molar-refractivity contribution in [1.82, 2.24) is 29.6 Å². The van der Waals surface area contributed by atoms with Gasteiger partial charge in [-0.15, -0.1) is 0 Å². The van der Waals surface area contributed by atoms with Crippen molar-refractivity contribution in [3.05, 3.63) is 75.9 Å². The number of pyridine rings is 1. The van der Waals surface area contributed by atoms with E-state index in [1.54, 1.807) is 35.4 Å². The zero-order valence-electron chi connectivity index (χ0n) is 19.0. The highest BCUT2D eigenvalue weighted by atomic mass is 16.5. The topological polar surface area (TPSA) is 130 Å². The molecule has 2 aliphatic heterocycles. The molecule has 10 nitrogen and oxygen atoms in total. The van der Waals surface area contributed by atoms with Crippen LogP contribution >= 0.6 is 0 Å². The molecule has 4 aromatic rings. The van der Waals surface area contributed by atoms with E-state index in [0.29, 0.717) is 47.6 Å². The van der Waals surface area contributed by atoms with E-state index in [-0.39, 0.29) is 12.6 Å². The molecule has 0 bridgehead atoms. The number of carbonyl (C=O) groups excluding carboxylic acids is 1. The van der Waals surface area contributed by atoms with Gasteiger partial charge in [-0.3, -0.25) is 4.90 Å². The predicted molar refractivity (Wildman–Crippen MR) is 123 cm³/mol. The Morgan fingerprint density at radius 3 is 3.00 bits per heavy atom. The number of rotatable bonds is 4. The van der Waals surface area contributed by atoms with E-state index in [1.807, 2.05) is 13.0 Å². The number of ether oxygens (including phenoxy) is 1.